The van der Waals surface area contributed by atoms with Crippen LogP contribution in [0, 0.1) is 5.92 Å². The molecule has 1 fully saturated rings. The lowest BCUT2D eigenvalue weighted by Crippen LogP contribution is -2.58. The number of amides is 4. The number of hydrogen-bond acceptors (Lipinski definition) is 8. The summed E-state index contributed by atoms with van der Waals surface area (Å²) in [6.07, 6.45) is 3.35. The van der Waals surface area contributed by atoms with Gasteiger partial charge in [-0.25, -0.2) is 20.2 Å². The lowest BCUT2D eigenvalue weighted by molar-refractivity contribution is -0.128. The van der Waals surface area contributed by atoms with Crippen molar-refractivity contribution in [3.8, 4) is 0 Å². The summed E-state index contributed by atoms with van der Waals surface area (Å²) in [5, 5.41) is 19.1. The van der Waals surface area contributed by atoms with Gasteiger partial charge in [0.15, 0.2) is 0 Å². The quantitative estimate of drug-likeness (QED) is 0.163. The third-order valence-corrected chi connectivity index (χ3v) is 8.23. The van der Waals surface area contributed by atoms with E-state index in [0.29, 0.717) is 18.0 Å². The lowest BCUT2D eigenvalue weighted by atomic mass is 9.89. The number of carbonyl (C=O) groups is 4. The monoisotopic (exact) mass is 660 g/mol. The van der Waals surface area contributed by atoms with Crippen LogP contribution in [0.3, 0.4) is 0 Å². The Kier molecular flexibility index (Phi) is 12.9. The Bertz CT molecular complexity index is 1540. The molecule has 4 rings (SSSR count). The van der Waals surface area contributed by atoms with E-state index in [1.54, 1.807) is 39.0 Å². The van der Waals surface area contributed by atoms with Crippen molar-refractivity contribution in [2.45, 2.75) is 89.5 Å². The summed E-state index contributed by atoms with van der Waals surface area (Å²) in [5.41, 5.74) is 9.36. The summed E-state index contributed by atoms with van der Waals surface area (Å²) in [7, 11) is 0. The highest BCUT2D eigenvalue weighted by molar-refractivity contribution is 5.99. The Morgan fingerprint density at radius 1 is 0.958 bits per heavy atom. The molecule has 3 aromatic rings. The van der Waals surface area contributed by atoms with Gasteiger partial charge in [-0.2, -0.15) is 0 Å². The molecular weight excluding hydrogens is 612 g/mol. The number of rotatable bonds is 14. The number of ether oxygens (including phenoxy) is 1. The number of benzene rings is 2. The van der Waals surface area contributed by atoms with Gasteiger partial charge < -0.3 is 26.2 Å². The van der Waals surface area contributed by atoms with Crippen molar-refractivity contribution in [2.75, 3.05) is 13.1 Å². The van der Waals surface area contributed by atoms with Gasteiger partial charge in [-0.15, -0.1) is 0 Å². The minimum Gasteiger partial charge on any atom is -0.443 e. The molecule has 1 aliphatic rings. The fourth-order valence-corrected chi connectivity index (χ4v) is 5.74. The van der Waals surface area contributed by atoms with Crippen LogP contribution in [0.2, 0.25) is 0 Å². The normalized spacial score (nSPS) is 15.6. The first kappa shape index (κ1) is 36.3. The van der Waals surface area contributed by atoms with Crippen LogP contribution in [-0.4, -0.2) is 75.8 Å². The van der Waals surface area contributed by atoms with Gasteiger partial charge >= 0.3 is 6.09 Å². The van der Waals surface area contributed by atoms with Crippen LogP contribution >= 0.6 is 0 Å². The van der Waals surface area contributed by atoms with E-state index in [1.165, 1.54) is 17.5 Å². The van der Waals surface area contributed by atoms with Gasteiger partial charge in [0.2, 0.25) is 11.8 Å². The highest BCUT2D eigenvalue weighted by Gasteiger charge is 2.32. The number of aliphatic hydroxyl groups is 1. The summed E-state index contributed by atoms with van der Waals surface area (Å²) in [6.45, 7) is 5.63. The second kappa shape index (κ2) is 17.0. The smallest absolute Gasteiger partial charge is 0.424 e. The Labute approximate surface area is 281 Å². The third-order valence-electron chi connectivity index (χ3n) is 8.23. The summed E-state index contributed by atoms with van der Waals surface area (Å²) in [6, 6.07) is 17.5. The molecule has 12 nitrogen and oxygen atoms in total. The van der Waals surface area contributed by atoms with E-state index in [0.717, 1.165) is 36.6 Å². The number of fused-ring (bicyclic) bond motifs is 1. The second-order valence-corrected chi connectivity index (χ2v) is 13.4. The molecule has 0 spiro atoms. The van der Waals surface area contributed by atoms with Crippen LogP contribution in [0.1, 0.15) is 75.3 Å². The number of nitrogens with two attached hydrogens (primary N) is 1. The molecule has 1 heterocycles. The van der Waals surface area contributed by atoms with Crippen molar-refractivity contribution in [1.82, 2.24) is 26.1 Å². The van der Waals surface area contributed by atoms with Crippen molar-refractivity contribution in [2.24, 2.45) is 11.7 Å². The van der Waals surface area contributed by atoms with Gasteiger partial charge in [-0.1, -0.05) is 73.9 Å². The molecule has 1 saturated carbocycles. The average molecular weight is 661 g/mol. The van der Waals surface area contributed by atoms with Crippen molar-refractivity contribution in [3.05, 3.63) is 78.0 Å². The zero-order valence-electron chi connectivity index (χ0n) is 28.0. The fourth-order valence-electron chi connectivity index (χ4n) is 5.74. The Morgan fingerprint density at radius 2 is 1.65 bits per heavy atom. The van der Waals surface area contributed by atoms with E-state index < -0.39 is 54.0 Å². The molecule has 258 valence electrons. The minimum atomic E-state index is -1.35. The summed E-state index contributed by atoms with van der Waals surface area (Å²) < 4.78 is 5.64. The highest BCUT2D eigenvalue weighted by atomic mass is 16.6. The van der Waals surface area contributed by atoms with Crippen LogP contribution < -0.4 is 21.8 Å². The average Bonchev–Trinajstić information content (AvgIpc) is 3.05. The van der Waals surface area contributed by atoms with Gasteiger partial charge in [0.1, 0.15) is 17.3 Å². The maximum atomic E-state index is 13.7. The molecule has 0 radical (unpaired) electrons. The van der Waals surface area contributed by atoms with E-state index in [9.17, 15) is 24.3 Å². The Hall–Kier alpha value is -4.55. The van der Waals surface area contributed by atoms with Gasteiger partial charge in [-0.3, -0.25) is 14.4 Å². The number of aromatic nitrogens is 1. The Balaban J connectivity index is 1.53. The molecule has 6 N–H and O–H groups in total. The van der Waals surface area contributed by atoms with Crippen molar-refractivity contribution in [3.63, 3.8) is 0 Å². The first-order valence-corrected chi connectivity index (χ1v) is 16.6. The van der Waals surface area contributed by atoms with E-state index in [2.05, 4.69) is 21.0 Å². The molecule has 2 unspecified atom stereocenters. The second-order valence-electron chi connectivity index (χ2n) is 13.4. The first-order valence-electron chi connectivity index (χ1n) is 16.6. The van der Waals surface area contributed by atoms with Crippen LogP contribution in [0.15, 0.2) is 66.7 Å². The maximum absolute atomic E-state index is 13.7. The van der Waals surface area contributed by atoms with Gasteiger partial charge in [-0.05, 0) is 63.6 Å². The van der Waals surface area contributed by atoms with Crippen molar-refractivity contribution < 1.29 is 29.0 Å². The fraction of sp³-hybridized carbons (Fsp3) is 0.472. The van der Waals surface area contributed by atoms with Crippen molar-refractivity contribution >= 4 is 34.7 Å². The van der Waals surface area contributed by atoms with Gasteiger partial charge in [0, 0.05) is 11.9 Å². The molecule has 1 aromatic heterocycles. The standard InChI is InChI=1S/C36H48N6O6/c1-36(2,3)48-35(47)42(38-22-25-14-8-5-9-15-25)23-31(43)29(20-24-12-6-4-7-13-24)40-34(46)30(21-32(37)44)41-33(45)28-19-18-26-16-10-11-17-27(26)39-28/h4,6-7,10-13,16-19,25,29-31,38,43H,5,8-9,14-15,20-23H2,1-3H3,(H2,37,44)(H,40,46)(H,41,45)/t29?,30-,31?/m0/s1. The number of pyridine rings is 1. The first-order chi connectivity index (χ1) is 22.9. The van der Waals surface area contributed by atoms with Crippen molar-refractivity contribution in [1.29, 1.82) is 0 Å². The minimum absolute atomic E-state index is 0.0638. The van der Waals surface area contributed by atoms with Gasteiger partial charge in [0.05, 0.1) is 30.6 Å². The molecule has 12 heteroatoms. The number of aliphatic hydroxyl groups excluding tert-OH is 1. The van der Waals surface area contributed by atoms with E-state index in [-0.39, 0.29) is 18.7 Å². The van der Waals surface area contributed by atoms with E-state index in [4.69, 9.17) is 10.5 Å². The largest absolute Gasteiger partial charge is 0.443 e. The summed E-state index contributed by atoms with van der Waals surface area (Å²) in [4.78, 5) is 56.6. The van der Waals surface area contributed by atoms with Crippen LogP contribution in [0.25, 0.3) is 10.9 Å². The molecule has 3 atom stereocenters. The zero-order valence-corrected chi connectivity index (χ0v) is 28.0. The summed E-state index contributed by atoms with van der Waals surface area (Å²) >= 11 is 0. The number of hydrazine groups is 1. The topological polar surface area (TPSA) is 176 Å². The lowest BCUT2D eigenvalue weighted by Gasteiger charge is -2.33. The van der Waals surface area contributed by atoms with Gasteiger partial charge in [0.25, 0.3) is 5.91 Å². The molecule has 48 heavy (non-hydrogen) atoms. The highest BCUT2D eigenvalue weighted by Crippen LogP contribution is 2.23. The predicted octanol–water partition coefficient (Wildman–Crippen LogP) is 3.62. The SMILES string of the molecule is CC(C)(C)OC(=O)N(CC(O)C(Cc1ccccc1)NC(=O)[C@H](CC(N)=O)NC(=O)c1ccc2ccccc2n1)NCC1CCCCC1. The number of nitrogens with zero attached hydrogens (tertiary/aromatic N) is 2. The molecular formula is C36H48N6O6. The molecule has 1 aliphatic carbocycles. The number of nitrogens with one attached hydrogen (secondary N) is 3. The van der Waals surface area contributed by atoms with E-state index in [1.807, 2.05) is 42.5 Å². The number of carbonyl (C=O) groups excluding carboxylic acids is 4. The predicted molar refractivity (Wildman–Crippen MR) is 182 cm³/mol. The number of primary amides is 1. The molecule has 2 aromatic carbocycles. The molecule has 4 amide bonds. The maximum Gasteiger partial charge on any atom is 0.424 e. The number of para-hydroxylation sites is 1. The number of hydrogen-bond donors (Lipinski definition) is 5. The Morgan fingerprint density at radius 3 is 2.33 bits per heavy atom. The van der Waals surface area contributed by atoms with E-state index >= 15 is 0 Å². The van der Waals surface area contributed by atoms with Crippen LogP contribution in [0.5, 0.6) is 0 Å². The summed E-state index contributed by atoms with van der Waals surface area (Å²) in [5.74, 6) is -1.80. The third kappa shape index (κ3) is 11.3. The van der Waals surface area contributed by atoms with Crippen LogP contribution in [-0.2, 0) is 20.7 Å². The zero-order chi connectivity index (χ0) is 34.7. The molecule has 0 bridgehead atoms. The molecule has 0 saturated heterocycles. The van der Waals surface area contributed by atoms with Crippen LogP contribution in [0.4, 0.5) is 4.79 Å². The molecule has 0 aliphatic heterocycles.